The summed E-state index contributed by atoms with van der Waals surface area (Å²) in [5, 5.41) is 4.18. The van der Waals surface area contributed by atoms with E-state index in [-0.39, 0.29) is 17.4 Å². The molecule has 0 radical (unpaired) electrons. The number of rotatable bonds is 5. The number of aromatic nitrogens is 2. The van der Waals surface area contributed by atoms with Crippen molar-refractivity contribution in [1.29, 1.82) is 0 Å². The predicted molar refractivity (Wildman–Crippen MR) is 150 cm³/mol. The van der Waals surface area contributed by atoms with Crippen LogP contribution in [-0.4, -0.2) is 57.8 Å². The maximum Gasteiger partial charge on any atom is 0.401 e. The first-order chi connectivity index (χ1) is 20.0. The van der Waals surface area contributed by atoms with Gasteiger partial charge in [0.1, 0.15) is 0 Å². The fourth-order valence-electron chi connectivity index (χ4n) is 6.78. The summed E-state index contributed by atoms with van der Waals surface area (Å²) >= 11 is 0. The predicted octanol–water partition coefficient (Wildman–Crippen LogP) is 6.71. The fourth-order valence-corrected chi connectivity index (χ4v) is 6.78. The van der Waals surface area contributed by atoms with Gasteiger partial charge in [-0.1, -0.05) is 6.07 Å². The number of piperidine rings is 1. The first-order valence-electron chi connectivity index (χ1n) is 14.4. The van der Waals surface area contributed by atoms with Gasteiger partial charge in [0, 0.05) is 67.9 Å². The summed E-state index contributed by atoms with van der Waals surface area (Å²) in [7, 11) is 1.75. The molecule has 0 atom stereocenters. The van der Waals surface area contributed by atoms with Crippen molar-refractivity contribution in [3.8, 4) is 11.1 Å². The van der Waals surface area contributed by atoms with Crippen molar-refractivity contribution in [1.82, 2.24) is 19.6 Å². The molecule has 224 valence electrons. The second-order valence-electron chi connectivity index (χ2n) is 11.7. The second-order valence-corrected chi connectivity index (χ2v) is 11.7. The van der Waals surface area contributed by atoms with Gasteiger partial charge in [-0.25, -0.2) is 8.78 Å². The molecule has 1 amide bonds. The number of aryl methyl sites for hydroxylation is 2. The quantitative estimate of drug-likeness (QED) is 0.311. The fraction of sp³-hybridized carbons (Fsp3) is 0.484. The Morgan fingerprint density at radius 3 is 2.43 bits per heavy atom. The average molecular weight is 588 g/mol. The van der Waals surface area contributed by atoms with E-state index in [1.54, 1.807) is 35.1 Å². The Kier molecular flexibility index (Phi) is 7.49. The lowest BCUT2D eigenvalue weighted by Gasteiger charge is -2.36. The average Bonchev–Trinajstić information content (AvgIpc) is 3.57. The number of halogens is 5. The summed E-state index contributed by atoms with van der Waals surface area (Å²) in [4.78, 5) is 17.7. The first kappa shape index (κ1) is 28.6. The molecule has 1 aromatic heterocycles. The number of hydrogen-bond acceptors (Lipinski definition) is 4. The minimum atomic E-state index is -4.22. The Bertz CT molecular complexity index is 1490. The minimum Gasteiger partial charge on any atom is -0.341 e. The zero-order chi connectivity index (χ0) is 29.8. The van der Waals surface area contributed by atoms with Gasteiger partial charge in [-0.2, -0.15) is 18.3 Å². The van der Waals surface area contributed by atoms with Crippen LogP contribution >= 0.6 is 0 Å². The summed E-state index contributed by atoms with van der Waals surface area (Å²) in [6.07, 6.45) is -0.778. The standard InChI is InChI=1S/C31H34F5N5O/c1-19(42)40-16-23-10-22(20-5-8-39(9-6-20)18-31(34,35)36)12-29(27(23)17-40)41-7-3-4-21-11-25(24-14-37-38(2)15-24)26(30(32)33)13-28(21)41/h10-15,20,30H,3-9,16-18H2,1-2H3. The maximum absolute atomic E-state index is 14.5. The van der Waals surface area contributed by atoms with Gasteiger partial charge in [0.15, 0.2) is 0 Å². The highest BCUT2D eigenvalue weighted by atomic mass is 19.4. The monoisotopic (exact) mass is 587 g/mol. The molecule has 3 aliphatic rings. The number of likely N-dealkylation sites (tertiary alicyclic amines) is 1. The van der Waals surface area contributed by atoms with Crippen molar-refractivity contribution in [2.45, 2.75) is 64.2 Å². The smallest absolute Gasteiger partial charge is 0.341 e. The molecule has 6 nitrogen and oxygen atoms in total. The Labute approximate surface area is 241 Å². The lowest BCUT2D eigenvalue weighted by atomic mass is 9.86. The normalized spacial score (nSPS) is 18.1. The molecule has 1 fully saturated rings. The van der Waals surface area contributed by atoms with E-state index in [1.807, 2.05) is 6.07 Å². The number of anilines is 2. The third-order valence-electron chi connectivity index (χ3n) is 8.87. The van der Waals surface area contributed by atoms with Crippen LogP contribution in [0.1, 0.15) is 66.3 Å². The van der Waals surface area contributed by atoms with Crippen LogP contribution in [0.2, 0.25) is 0 Å². The van der Waals surface area contributed by atoms with Gasteiger partial charge in [-0.05, 0) is 85.1 Å². The summed E-state index contributed by atoms with van der Waals surface area (Å²) in [5.74, 6) is 0.0399. The molecule has 0 unspecified atom stereocenters. The Morgan fingerprint density at radius 2 is 1.79 bits per heavy atom. The Balaban J connectivity index is 1.39. The number of hydrogen-bond donors (Lipinski definition) is 0. The van der Waals surface area contributed by atoms with Gasteiger partial charge in [-0.15, -0.1) is 0 Å². The molecule has 3 aliphatic heterocycles. The van der Waals surface area contributed by atoms with E-state index in [1.165, 1.54) is 11.8 Å². The number of amides is 1. The Hall–Kier alpha value is -3.47. The van der Waals surface area contributed by atoms with Crippen LogP contribution < -0.4 is 4.90 Å². The highest BCUT2D eigenvalue weighted by molar-refractivity contribution is 5.80. The number of nitrogens with zero attached hydrogens (tertiary/aromatic N) is 5. The molecule has 11 heteroatoms. The van der Waals surface area contributed by atoms with Gasteiger partial charge < -0.3 is 9.80 Å². The molecule has 0 bridgehead atoms. The second kappa shape index (κ2) is 11.0. The van der Waals surface area contributed by atoms with Crippen LogP contribution in [0.25, 0.3) is 11.1 Å². The van der Waals surface area contributed by atoms with Crippen LogP contribution in [-0.2, 0) is 31.4 Å². The third kappa shape index (κ3) is 5.63. The molecule has 2 aromatic carbocycles. The molecule has 0 spiro atoms. The number of benzene rings is 2. The lowest BCUT2D eigenvalue weighted by molar-refractivity contribution is -0.148. The zero-order valence-electron chi connectivity index (χ0n) is 23.7. The van der Waals surface area contributed by atoms with E-state index in [0.29, 0.717) is 56.7 Å². The summed E-state index contributed by atoms with van der Waals surface area (Å²) in [6.45, 7) is 2.89. The van der Waals surface area contributed by atoms with E-state index in [4.69, 9.17) is 0 Å². The van der Waals surface area contributed by atoms with Crippen molar-refractivity contribution in [3.63, 3.8) is 0 Å². The van der Waals surface area contributed by atoms with Crippen LogP contribution in [0.5, 0.6) is 0 Å². The van der Waals surface area contributed by atoms with Crippen LogP contribution in [0.3, 0.4) is 0 Å². The van der Waals surface area contributed by atoms with Crippen LogP contribution in [0.15, 0.2) is 36.7 Å². The van der Waals surface area contributed by atoms with Gasteiger partial charge >= 0.3 is 6.18 Å². The molecule has 1 saturated heterocycles. The number of carbonyl (C=O) groups excluding carboxylic acids is 1. The molecule has 0 aliphatic carbocycles. The van der Waals surface area contributed by atoms with Gasteiger partial charge in [0.05, 0.1) is 12.7 Å². The molecule has 6 rings (SSSR count). The van der Waals surface area contributed by atoms with Crippen LogP contribution in [0, 0.1) is 0 Å². The zero-order valence-corrected chi connectivity index (χ0v) is 23.7. The van der Waals surface area contributed by atoms with Crippen molar-refractivity contribution >= 4 is 17.3 Å². The van der Waals surface area contributed by atoms with E-state index in [9.17, 15) is 26.7 Å². The SMILES string of the molecule is CC(=O)N1Cc2cc(C3CCN(CC(F)(F)F)CC3)cc(N3CCCc4cc(-c5cnn(C)c5)c(C(F)F)cc43)c2C1. The lowest BCUT2D eigenvalue weighted by Crippen LogP contribution is -2.39. The van der Waals surface area contributed by atoms with Crippen molar-refractivity contribution in [2.75, 3.05) is 31.1 Å². The summed E-state index contributed by atoms with van der Waals surface area (Å²) in [6, 6.07) is 7.67. The van der Waals surface area contributed by atoms with E-state index < -0.39 is 19.1 Å². The maximum atomic E-state index is 14.5. The topological polar surface area (TPSA) is 44.6 Å². The van der Waals surface area contributed by atoms with Crippen molar-refractivity contribution in [2.24, 2.45) is 7.05 Å². The highest BCUT2D eigenvalue weighted by Crippen LogP contribution is 2.45. The molecule has 3 aromatic rings. The molecule has 4 heterocycles. The van der Waals surface area contributed by atoms with Crippen molar-refractivity contribution in [3.05, 3.63) is 64.5 Å². The van der Waals surface area contributed by atoms with Crippen LogP contribution in [0.4, 0.5) is 33.3 Å². The molecular weight excluding hydrogens is 553 g/mol. The largest absolute Gasteiger partial charge is 0.401 e. The summed E-state index contributed by atoms with van der Waals surface area (Å²) in [5.41, 5.74) is 6.75. The van der Waals surface area contributed by atoms with Gasteiger partial charge in [0.25, 0.3) is 6.43 Å². The van der Waals surface area contributed by atoms with E-state index >= 15 is 0 Å². The number of alkyl halides is 5. The third-order valence-corrected chi connectivity index (χ3v) is 8.87. The minimum absolute atomic E-state index is 0.0423. The molecular formula is C31H34F5N5O. The molecule has 42 heavy (non-hydrogen) atoms. The molecule has 0 N–H and O–H groups in total. The Morgan fingerprint density at radius 1 is 1.02 bits per heavy atom. The highest BCUT2D eigenvalue weighted by Gasteiger charge is 2.35. The molecule has 0 saturated carbocycles. The number of fused-ring (bicyclic) bond motifs is 2. The van der Waals surface area contributed by atoms with E-state index in [2.05, 4.69) is 22.1 Å². The number of carbonyl (C=O) groups is 1. The van der Waals surface area contributed by atoms with Gasteiger partial charge in [-0.3, -0.25) is 14.4 Å². The van der Waals surface area contributed by atoms with E-state index in [0.717, 1.165) is 46.5 Å². The van der Waals surface area contributed by atoms with Crippen molar-refractivity contribution < 1.29 is 26.7 Å². The first-order valence-corrected chi connectivity index (χ1v) is 14.4. The summed E-state index contributed by atoms with van der Waals surface area (Å²) < 4.78 is 69.4. The van der Waals surface area contributed by atoms with Gasteiger partial charge in [0.2, 0.25) is 5.91 Å².